The Bertz CT molecular complexity index is 769. The van der Waals surface area contributed by atoms with Crippen molar-refractivity contribution in [2.24, 2.45) is 5.73 Å². The molecule has 0 fully saturated rings. The van der Waals surface area contributed by atoms with E-state index in [-0.39, 0.29) is 6.04 Å². The van der Waals surface area contributed by atoms with E-state index in [9.17, 15) is 0 Å². The molecule has 1 unspecified atom stereocenters. The molecule has 108 valence electrons. The lowest BCUT2D eigenvalue weighted by molar-refractivity contribution is 0.807. The van der Waals surface area contributed by atoms with Crippen LogP contribution in [0.3, 0.4) is 0 Å². The minimum absolute atomic E-state index is 0.111. The summed E-state index contributed by atoms with van der Waals surface area (Å²) in [6.45, 7) is 2.66. The molecule has 21 heavy (non-hydrogen) atoms. The number of fused-ring (bicyclic) bond motifs is 1. The summed E-state index contributed by atoms with van der Waals surface area (Å²) in [5, 5.41) is 4.63. The zero-order chi connectivity index (χ0) is 14.8. The molecular formula is C16H16BrN3S. The molecule has 0 radical (unpaired) electrons. The van der Waals surface area contributed by atoms with Crippen LogP contribution in [0.1, 0.15) is 15.8 Å². The first-order valence-corrected chi connectivity index (χ1v) is 8.35. The molecule has 0 bridgehead atoms. The maximum atomic E-state index is 5.95. The van der Waals surface area contributed by atoms with Crippen LogP contribution in [0.15, 0.2) is 47.1 Å². The maximum absolute atomic E-state index is 5.95. The highest BCUT2D eigenvalue weighted by atomic mass is 79.9. The molecule has 2 heterocycles. The predicted molar refractivity (Wildman–Crippen MR) is 93.9 cm³/mol. The Labute approximate surface area is 136 Å². The van der Waals surface area contributed by atoms with E-state index in [4.69, 9.17) is 5.73 Å². The standard InChI is InChI=1S/C16H16BrN3S/c1-10-5-6-15(21-10)14(8-18)20-13-4-2-3-11-7-12(17)9-19-16(11)13/h2-7,9,14,20H,8,18H2,1H3. The Morgan fingerprint density at radius 1 is 1.33 bits per heavy atom. The SMILES string of the molecule is Cc1ccc(C(CN)Nc2cccc3cc(Br)cnc23)s1. The molecule has 1 atom stereocenters. The fraction of sp³-hybridized carbons (Fsp3) is 0.188. The number of hydrogen-bond acceptors (Lipinski definition) is 4. The number of halogens is 1. The highest BCUT2D eigenvalue weighted by Gasteiger charge is 2.13. The lowest BCUT2D eigenvalue weighted by Crippen LogP contribution is -2.19. The first-order chi connectivity index (χ1) is 10.2. The lowest BCUT2D eigenvalue weighted by atomic mass is 10.1. The summed E-state index contributed by atoms with van der Waals surface area (Å²) in [4.78, 5) is 7.07. The predicted octanol–water partition coefficient (Wildman–Crippen LogP) is 4.48. The summed E-state index contributed by atoms with van der Waals surface area (Å²) in [6.07, 6.45) is 1.82. The monoisotopic (exact) mass is 361 g/mol. The van der Waals surface area contributed by atoms with Crippen molar-refractivity contribution in [3.63, 3.8) is 0 Å². The number of aromatic nitrogens is 1. The number of para-hydroxylation sites is 1. The van der Waals surface area contributed by atoms with Gasteiger partial charge in [0.25, 0.3) is 0 Å². The van der Waals surface area contributed by atoms with Gasteiger partial charge in [-0.1, -0.05) is 12.1 Å². The van der Waals surface area contributed by atoms with Crippen molar-refractivity contribution in [1.29, 1.82) is 0 Å². The Morgan fingerprint density at radius 3 is 2.90 bits per heavy atom. The van der Waals surface area contributed by atoms with Gasteiger partial charge >= 0.3 is 0 Å². The van der Waals surface area contributed by atoms with Crippen molar-refractivity contribution in [3.05, 3.63) is 56.8 Å². The van der Waals surface area contributed by atoms with Crippen molar-refractivity contribution in [2.75, 3.05) is 11.9 Å². The van der Waals surface area contributed by atoms with E-state index in [0.29, 0.717) is 6.54 Å². The third-order valence-corrected chi connectivity index (χ3v) is 4.90. The molecule has 3 aromatic rings. The number of thiophene rings is 1. The van der Waals surface area contributed by atoms with Crippen LogP contribution in [0, 0.1) is 6.92 Å². The van der Waals surface area contributed by atoms with Crippen molar-refractivity contribution < 1.29 is 0 Å². The lowest BCUT2D eigenvalue weighted by Gasteiger charge is -2.18. The second kappa shape index (κ2) is 6.13. The fourth-order valence-electron chi connectivity index (χ4n) is 2.33. The van der Waals surface area contributed by atoms with Crippen molar-refractivity contribution in [1.82, 2.24) is 4.98 Å². The van der Waals surface area contributed by atoms with Gasteiger partial charge in [-0.3, -0.25) is 4.98 Å². The number of nitrogens with two attached hydrogens (primary N) is 1. The summed E-state index contributed by atoms with van der Waals surface area (Å²) >= 11 is 5.24. The zero-order valence-corrected chi connectivity index (χ0v) is 14.0. The van der Waals surface area contributed by atoms with Crippen LogP contribution in [0.25, 0.3) is 10.9 Å². The summed E-state index contributed by atoms with van der Waals surface area (Å²) in [7, 11) is 0. The average Bonchev–Trinajstić information content (AvgIpc) is 2.90. The second-order valence-electron chi connectivity index (χ2n) is 4.91. The van der Waals surface area contributed by atoms with E-state index in [1.807, 2.05) is 18.3 Å². The number of pyridine rings is 1. The molecule has 0 saturated carbocycles. The van der Waals surface area contributed by atoms with E-state index in [2.05, 4.69) is 57.4 Å². The third-order valence-electron chi connectivity index (χ3n) is 3.35. The van der Waals surface area contributed by atoms with Crippen LogP contribution in [-0.4, -0.2) is 11.5 Å². The Balaban J connectivity index is 1.96. The summed E-state index contributed by atoms with van der Waals surface area (Å²) in [5.41, 5.74) is 7.93. The Kier molecular flexibility index (Phi) is 4.24. The van der Waals surface area contributed by atoms with E-state index >= 15 is 0 Å². The van der Waals surface area contributed by atoms with Gasteiger partial charge in [0, 0.05) is 32.4 Å². The molecule has 3 rings (SSSR count). The molecule has 0 aliphatic rings. The first-order valence-electron chi connectivity index (χ1n) is 6.74. The van der Waals surface area contributed by atoms with Crippen LogP contribution in [0.2, 0.25) is 0 Å². The van der Waals surface area contributed by atoms with Gasteiger partial charge in [0.05, 0.1) is 17.2 Å². The molecule has 0 amide bonds. The van der Waals surface area contributed by atoms with E-state index in [1.54, 1.807) is 11.3 Å². The fourth-order valence-corrected chi connectivity index (χ4v) is 3.62. The van der Waals surface area contributed by atoms with E-state index < -0.39 is 0 Å². The van der Waals surface area contributed by atoms with Crippen molar-refractivity contribution in [2.45, 2.75) is 13.0 Å². The minimum Gasteiger partial charge on any atom is -0.374 e. The van der Waals surface area contributed by atoms with Crippen LogP contribution in [-0.2, 0) is 0 Å². The first kappa shape index (κ1) is 14.5. The van der Waals surface area contributed by atoms with Gasteiger partial charge in [0.1, 0.15) is 0 Å². The number of anilines is 1. The number of hydrogen-bond donors (Lipinski definition) is 2. The van der Waals surface area contributed by atoms with E-state index in [0.717, 1.165) is 21.1 Å². The van der Waals surface area contributed by atoms with Gasteiger partial charge in [0.15, 0.2) is 0 Å². The van der Waals surface area contributed by atoms with Gasteiger partial charge in [-0.25, -0.2) is 0 Å². The molecule has 0 saturated heterocycles. The van der Waals surface area contributed by atoms with Gasteiger partial charge < -0.3 is 11.1 Å². The molecule has 0 spiro atoms. The van der Waals surface area contributed by atoms with Crippen LogP contribution in [0.5, 0.6) is 0 Å². The molecule has 5 heteroatoms. The number of benzene rings is 1. The molecule has 0 aliphatic heterocycles. The Morgan fingerprint density at radius 2 is 2.19 bits per heavy atom. The normalized spacial score (nSPS) is 12.5. The second-order valence-corrected chi connectivity index (χ2v) is 7.15. The van der Waals surface area contributed by atoms with Gasteiger partial charge in [-0.2, -0.15) is 0 Å². The maximum Gasteiger partial charge on any atom is 0.0934 e. The molecule has 3 N–H and O–H groups in total. The quantitative estimate of drug-likeness (QED) is 0.720. The summed E-state index contributed by atoms with van der Waals surface area (Å²) in [6, 6.07) is 12.6. The smallest absolute Gasteiger partial charge is 0.0934 e. The van der Waals surface area contributed by atoms with Crippen LogP contribution in [0.4, 0.5) is 5.69 Å². The van der Waals surface area contributed by atoms with Gasteiger partial charge in [-0.15, -0.1) is 11.3 Å². The van der Waals surface area contributed by atoms with Crippen molar-refractivity contribution >= 4 is 43.9 Å². The number of nitrogens with one attached hydrogen (secondary N) is 1. The zero-order valence-electron chi connectivity index (χ0n) is 11.6. The molecular weight excluding hydrogens is 346 g/mol. The molecule has 2 aromatic heterocycles. The largest absolute Gasteiger partial charge is 0.374 e. The molecule has 0 aliphatic carbocycles. The topological polar surface area (TPSA) is 50.9 Å². The summed E-state index contributed by atoms with van der Waals surface area (Å²) in [5.74, 6) is 0. The van der Waals surface area contributed by atoms with Gasteiger partial charge in [-0.05, 0) is 47.1 Å². The van der Waals surface area contributed by atoms with Crippen molar-refractivity contribution in [3.8, 4) is 0 Å². The molecule has 3 nitrogen and oxygen atoms in total. The van der Waals surface area contributed by atoms with Crippen LogP contribution < -0.4 is 11.1 Å². The van der Waals surface area contributed by atoms with E-state index in [1.165, 1.54) is 9.75 Å². The number of nitrogens with zero attached hydrogens (tertiary/aromatic N) is 1. The molecule has 1 aromatic carbocycles. The average molecular weight is 362 g/mol. The third kappa shape index (κ3) is 3.10. The highest BCUT2D eigenvalue weighted by Crippen LogP contribution is 2.29. The summed E-state index contributed by atoms with van der Waals surface area (Å²) < 4.78 is 0.983. The number of rotatable bonds is 4. The minimum atomic E-state index is 0.111. The van der Waals surface area contributed by atoms with Gasteiger partial charge in [0.2, 0.25) is 0 Å². The number of aryl methyl sites for hydroxylation is 1. The van der Waals surface area contributed by atoms with Crippen LogP contribution >= 0.6 is 27.3 Å². The highest BCUT2D eigenvalue weighted by molar-refractivity contribution is 9.10. The Hall–Kier alpha value is -1.43.